The Morgan fingerprint density at radius 1 is 1.27 bits per heavy atom. The number of aliphatic imine (C=N–C) groups is 1. The van der Waals surface area contributed by atoms with Crippen molar-refractivity contribution in [1.82, 2.24) is 4.57 Å². The van der Waals surface area contributed by atoms with Crippen molar-refractivity contribution < 1.29 is 4.74 Å². The van der Waals surface area contributed by atoms with Gasteiger partial charge in [0, 0.05) is 12.7 Å². The second kappa shape index (κ2) is 6.39. The number of nitrogens with zero attached hydrogens (tertiary/aromatic N) is 2. The molecular formula is C19H24N2O. The Labute approximate surface area is 132 Å². The lowest BCUT2D eigenvalue weighted by Gasteiger charge is -2.09. The predicted molar refractivity (Wildman–Crippen MR) is 90.4 cm³/mol. The van der Waals surface area contributed by atoms with E-state index in [2.05, 4.69) is 67.9 Å². The number of aromatic nitrogens is 1. The van der Waals surface area contributed by atoms with Crippen LogP contribution < -0.4 is 0 Å². The highest BCUT2D eigenvalue weighted by atomic mass is 16.5. The number of benzene rings is 1. The van der Waals surface area contributed by atoms with Crippen LogP contribution in [0.1, 0.15) is 37.1 Å². The molecule has 3 nitrogen and oxygen atoms in total. The van der Waals surface area contributed by atoms with Crippen molar-refractivity contribution in [3.8, 4) is 0 Å². The molecule has 0 N–H and O–H groups in total. The molecule has 22 heavy (non-hydrogen) atoms. The first-order chi connectivity index (χ1) is 10.6. The van der Waals surface area contributed by atoms with Crippen LogP contribution >= 0.6 is 0 Å². The summed E-state index contributed by atoms with van der Waals surface area (Å²) >= 11 is 0. The number of ether oxygens (including phenoxy) is 1. The molecule has 0 saturated heterocycles. The van der Waals surface area contributed by atoms with Gasteiger partial charge in [0.2, 0.25) is 5.90 Å². The van der Waals surface area contributed by atoms with Gasteiger partial charge in [-0.15, -0.1) is 0 Å². The van der Waals surface area contributed by atoms with Crippen molar-refractivity contribution >= 4 is 5.90 Å². The Hall–Kier alpha value is -2.03. The summed E-state index contributed by atoms with van der Waals surface area (Å²) in [6.07, 6.45) is 3.18. The van der Waals surface area contributed by atoms with E-state index in [4.69, 9.17) is 9.73 Å². The molecule has 2 aromatic rings. The van der Waals surface area contributed by atoms with Crippen LogP contribution in [0, 0.1) is 12.8 Å². The average Bonchev–Trinajstić information content (AvgIpc) is 3.07. The minimum atomic E-state index is 0.303. The van der Waals surface area contributed by atoms with Gasteiger partial charge in [0.1, 0.15) is 12.3 Å². The zero-order valence-corrected chi connectivity index (χ0v) is 13.6. The Kier molecular flexibility index (Phi) is 4.32. The van der Waals surface area contributed by atoms with E-state index in [0.717, 1.165) is 24.6 Å². The van der Waals surface area contributed by atoms with Crippen molar-refractivity contribution in [2.75, 3.05) is 6.61 Å². The predicted octanol–water partition coefficient (Wildman–Crippen LogP) is 4.04. The first-order valence-corrected chi connectivity index (χ1v) is 8.03. The van der Waals surface area contributed by atoms with Crippen LogP contribution in [0.15, 0.2) is 47.6 Å². The lowest BCUT2D eigenvalue weighted by Crippen LogP contribution is -2.11. The van der Waals surface area contributed by atoms with E-state index in [9.17, 15) is 0 Å². The molecule has 1 aromatic heterocycles. The second-order valence-electron chi connectivity index (χ2n) is 6.54. The molecular weight excluding hydrogens is 272 g/mol. The Balaban J connectivity index is 1.78. The lowest BCUT2D eigenvalue weighted by molar-refractivity contribution is 0.300. The van der Waals surface area contributed by atoms with Crippen LogP contribution in [-0.2, 0) is 11.3 Å². The first kappa shape index (κ1) is 14.9. The fourth-order valence-corrected chi connectivity index (χ4v) is 2.97. The topological polar surface area (TPSA) is 26.5 Å². The van der Waals surface area contributed by atoms with Crippen LogP contribution in [0.4, 0.5) is 0 Å². The van der Waals surface area contributed by atoms with Crippen molar-refractivity contribution in [3.63, 3.8) is 0 Å². The highest BCUT2D eigenvalue weighted by Crippen LogP contribution is 2.19. The van der Waals surface area contributed by atoms with Gasteiger partial charge in [-0.25, -0.2) is 4.99 Å². The summed E-state index contributed by atoms with van der Waals surface area (Å²) in [4.78, 5) is 4.76. The van der Waals surface area contributed by atoms with Gasteiger partial charge in [-0.2, -0.15) is 0 Å². The van der Waals surface area contributed by atoms with Crippen molar-refractivity contribution in [2.24, 2.45) is 10.9 Å². The minimum Gasteiger partial charge on any atom is -0.474 e. The highest BCUT2D eigenvalue weighted by Gasteiger charge is 2.22. The number of hydrogen-bond acceptors (Lipinski definition) is 2. The zero-order chi connectivity index (χ0) is 15.5. The van der Waals surface area contributed by atoms with Gasteiger partial charge >= 0.3 is 0 Å². The maximum atomic E-state index is 5.84. The summed E-state index contributed by atoms with van der Waals surface area (Å²) in [5.41, 5.74) is 3.67. The second-order valence-corrected chi connectivity index (χ2v) is 6.54. The van der Waals surface area contributed by atoms with E-state index in [0.29, 0.717) is 18.6 Å². The Morgan fingerprint density at radius 2 is 2.14 bits per heavy atom. The highest BCUT2D eigenvalue weighted by molar-refractivity contribution is 5.93. The first-order valence-electron chi connectivity index (χ1n) is 8.03. The van der Waals surface area contributed by atoms with Crippen LogP contribution in [0.3, 0.4) is 0 Å². The average molecular weight is 296 g/mol. The summed E-state index contributed by atoms with van der Waals surface area (Å²) in [7, 11) is 0. The maximum Gasteiger partial charge on any atom is 0.233 e. The van der Waals surface area contributed by atoms with E-state index in [1.807, 2.05) is 0 Å². The van der Waals surface area contributed by atoms with Gasteiger partial charge in [-0.3, -0.25) is 0 Å². The number of rotatable bonds is 5. The molecule has 1 aliphatic heterocycles. The molecule has 116 valence electrons. The molecule has 0 spiro atoms. The van der Waals surface area contributed by atoms with Gasteiger partial charge in [0.05, 0.1) is 6.04 Å². The van der Waals surface area contributed by atoms with Crippen molar-refractivity contribution in [3.05, 3.63) is 59.4 Å². The molecule has 0 fully saturated rings. The molecule has 0 aliphatic carbocycles. The SMILES string of the molecule is Cc1cccc(Cn2cccc2C2=N[C@H](CC(C)C)CO2)c1. The third-order valence-corrected chi connectivity index (χ3v) is 3.94. The van der Waals surface area contributed by atoms with E-state index < -0.39 is 0 Å². The van der Waals surface area contributed by atoms with Crippen molar-refractivity contribution in [2.45, 2.75) is 39.8 Å². The van der Waals surface area contributed by atoms with E-state index in [1.165, 1.54) is 11.1 Å². The van der Waals surface area contributed by atoms with E-state index in [-0.39, 0.29) is 0 Å². The Morgan fingerprint density at radius 3 is 2.91 bits per heavy atom. The standard InChI is InChI=1S/C19H24N2O/c1-14(2)10-17-13-22-19(20-17)18-8-5-9-21(18)12-16-7-4-6-15(3)11-16/h4-9,11,14,17H,10,12-13H2,1-3H3/t17-/m1/s1. The molecule has 1 aromatic carbocycles. The molecule has 2 heterocycles. The van der Waals surface area contributed by atoms with Gasteiger partial charge in [0.15, 0.2) is 0 Å². The molecule has 0 amide bonds. The third-order valence-electron chi connectivity index (χ3n) is 3.94. The Bertz CT molecular complexity index is 670. The van der Waals surface area contributed by atoms with Crippen LogP contribution in [0.25, 0.3) is 0 Å². The quantitative estimate of drug-likeness (QED) is 0.818. The monoisotopic (exact) mass is 296 g/mol. The fraction of sp³-hybridized carbons (Fsp3) is 0.421. The lowest BCUT2D eigenvalue weighted by atomic mass is 10.1. The van der Waals surface area contributed by atoms with Crippen LogP contribution in [0.5, 0.6) is 0 Å². The molecule has 1 atom stereocenters. The van der Waals surface area contributed by atoms with Gasteiger partial charge < -0.3 is 9.30 Å². The molecule has 3 rings (SSSR count). The zero-order valence-electron chi connectivity index (χ0n) is 13.6. The fourth-order valence-electron chi connectivity index (χ4n) is 2.97. The summed E-state index contributed by atoms with van der Waals surface area (Å²) in [6.45, 7) is 8.15. The van der Waals surface area contributed by atoms with Crippen molar-refractivity contribution in [1.29, 1.82) is 0 Å². The summed E-state index contributed by atoms with van der Waals surface area (Å²) in [5.74, 6) is 1.44. The van der Waals surface area contributed by atoms with Crippen LogP contribution in [0.2, 0.25) is 0 Å². The van der Waals surface area contributed by atoms with Gasteiger partial charge in [0.25, 0.3) is 0 Å². The smallest absolute Gasteiger partial charge is 0.233 e. The summed E-state index contributed by atoms with van der Waals surface area (Å²) < 4.78 is 8.06. The van der Waals surface area contributed by atoms with E-state index >= 15 is 0 Å². The normalized spacial score (nSPS) is 17.6. The summed E-state index contributed by atoms with van der Waals surface area (Å²) in [5, 5.41) is 0. The number of hydrogen-bond donors (Lipinski definition) is 0. The molecule has 0 saturated carbocycles. The van der Waals surface area contributed by atoms with Gasteiger partial charge in [-0.1, -0.05) is 43.7 Å². The summed E-state index contributed by atoms with van der Waals surface area (Å²) in [6, 6.07) is 13.1. The molecule has 0 bridgehead atoms. The molecule has 0 unspecified atom stereocenters. The maximum absolute atomic E-state index is 5.84. The van der Waals surface area contributed by atoms with Gasteiger partial charge in [-0.05, 0) is 37.0 Å². The third kappa shape index (κ3) is 3.41. The molecule has 3 heteroatoms. The minimum absolute atomic E-state index is 0.303. The van der Waals surface area contributed by atoms with Crippen LogP contribution in [-0.4, -0.2) is 23.1 Å². The molecule has 0 radical (unpaired) electrons. The molecule has 1 aliphatic rings. The number of aryl methyl sites for hydroxylation is 1. The largest absolute Gasteiger partial charge is 0.474 e. The van der Waals surface area contributed by atoms with E-state index in [1.54, 1.807) is 0 Å².